The molecule has 0 spiro atoms. The predicted molar refractivity (Wildman–Crippen MR) is 79.6 cm³/mol. The molecule has 0 saturated carbocycles. The highest BCUT2D eigenvalue weighted by Crippen LogP contribution is 2.49. The lowest BCUT2D eigenvalue weighted by atomic mass is 9.77. The van der Waals surface area contributed by atoms with E-state index < -0.39 is 0 Å². The number of para-hydroxylation sites is 2. The van der Waals surface area contributed by atoms with Crippen LogP contribution in [0.15, 0.2) is 48.2 Å². The van der Waals surface area contributed by atoms with Crippen molar-refractivity contribution in [3.63, 3.8) is 0 Å². The van der Waals surface area contributed by atoms with E-state index in [4.69, 9.17) is 0 Å². The van der Waals surface area contributed by atoms with E-state index in [1.54, 1.807) is 12.1 Å². The van der Waals surface area contributed by atoms with Gasteiger partial charge in [-0.3, -0.25) is 10.1 Å². The maximum Gasteiger partial charge on any atom is 0.292 e. The van der Waals surface area contributed by atoms with Gasteiger partial charge >= 0.3 is 0 Å². The highest BCUT2D eigenvalue weighted by molar-refractivity contribution is 5.68. The van der Waals surface area contributed by atoms with Crippen molar-refractivity contribution in [3.05, 3.63) is 58.3 Å². The summed E-state index contributed by atoms with van der Waals surface area (Å²) in [7, 11) is 0. The van der Waals surface area contributed by atoms with Crippen molar-refractivity contribution in [2.45, 2.75) is 20.3 Å². The van der Waals surface area contributed by atoms with E-state index >= 15 is 0 Å². The molecule has 0 amide bonds. The third-order valence-electron chi connectivity index (χ3n) is 4.32. The monoisotopic (exact) mass is 270 g/mol. The third kappa shape index (κ3) is 1.92. The number of benzene rings is 1. The van der Waals surface area contributed by atoms with Gasteiger partial charge in [0.25, 0.3) is 5.69 Å². The zero-order valence-electron chi connectivity index (χ0n) is 11.7. The van der Waals surface area contributed by atoms with Crippen LogP contribution in [0.2, 0.25) is 0 Å². The van der Waals surface area contributed by atoms with E-state index in [9.17, 15) is 10.1 Å². The zero-order chi connectivity index (χ0) is 14.3. The minimum atomic E-state index is -0.297. The van der Waals surface area contributed by atoms with Crippen LogP contribution in [0.5, 0.6) is 0 Å². The highest BCUT2D eigenvalue weighted by Gasteiger charge is 2.44. The quantitative estimate of drug-likeness (QED) is 0.604. The molecule has 1 aromatic rings. The minimum absolute atomic E-state index is 0.125. The van der Waals surface area contributed by atoms with E-state index in [1.165, 1.54) is 5.70 Å². The lowest BCUT2D eigenvalue weighted by molar-refractivity contribution is -0.384. The van der Waals surface area contributed by atoms with Crippen molar-refractivity contribution in [3.8, 4) is 0 Å². The number of nitro groups is 1. The van der Waals surface area contributed by atoms with Gasteiger partial charge in [-0.2, -0.15) is 0 Å². The van der Waals surface area contributed by atoms with Crippen molar-refractivity contribution in [1.82, 2.24) is 0 Å². The first-order chi connectivity index (χ1) is 9.50. The number of fused-ring (bicyclic) bond motifs is 1. The van der Waals surface area contributed by atoms with Gasteiger partial charge in [0.15, 0.2) is 0 Å². The van der Waals surface area contributed by atoms with Crippen molar-refractivity contribution in [2.75, 3.05) is 11.4 Å². The summed E-state index contributed by atoms with van der Waals surface area (Å²) in [5, 5.41) is 11.2. The van der Waals surface area contributed by atoms with Crippen molar-refractivity contribution in [2.24, 2.45) is 11.3 Å². The summed E-state index contributed by atoms with van der Waals surface area (Å²) in [5.74, 6) is 0.437. The van der Waals surface area contributed by atoms with Crippen LogP contribution < -0.4 is 4.90 Å². The molecule has 2 aliphatic rings. The molecule has 104 valence electrons. The molecule has 0 N–H and O–H groups in total. The smallest absolute Gasteiger partial charge is 0.292 e. The molecular formula is C16H18N2O2. The molecule has 1 unspecified atom stereocenters. The van der Waals surface area contributed by atoms with Crippen LogP contribution in [0.4, 0.5) is 11.4 Å². The fraction of sp³-hybridized carbons (Fsp3) is 0.375. The second-order valence-electron chi connectivity index (χ2n) is 6.13. The first-order valence-electron chi connectivity index (χ1n) is 6.88. The van der Waals surface area contributed by atoms with Gasteiger partial charge in [0.2, 0.25) is 0 Å². The van der Waals surface area contributed by atoms with Crippen LogP contribution in [0.25, 0.3) is 0 Å². The first kappa shape index (κ1) is 12.9. The summed E-state index contributed by atoms with van der Waals surface area (Å²) in [6.45, 7) is 5.29. The second-order valence-corrected chi connectivity index (χ2v) is 6.13. The van der Waals surface area contributed by atoms with Crippen LogP contribution >= 0.6 is 0 Å². The molecule has 1 atom stereocenters. The fourth-order valence-electron chi connectivity index (χ4n) is 3.30. The molecule has 1 aromatic carbocycles. The Morgan fingerprint density at radius 3 is 2.85 bits per heavy atom. The molecule has 0 radical (unpaired) electrons. The molecular weight excluding hydrogens is 252 g/mol. The van der Waals surface area contributed by atoms with Crippen LogP contribution in [0.1, 0.15) is 20.3 Å². The van der Waals surface area contributed by atoms with Crippen molar-refractivity contribution in [1.29, 1.82) is 0 Å². The molecule has 3 rings (SSSR count). The van der Waals surface area contributed by atoms with Gasteiger partial charge in [-0.25, -0.2) is 0 Å². The van der Waals surface area contributed by atoms with Gasteiger partial charge in [-0.05, 0) is 24.0 Å². The topological polar surface area (TPSA) is 46.4 Å². The number of hydrogen-bond acceptors (Lipinski definition) is 3. The Morgan fingerprint density at radius 2 is 2.10 bits per heavy atom. The number of allylic oxidation sites excluding steroid dienone is 4. The Labute approximate surface area is 118 Å². The number of anilines is 1. The molecule has 1 saturated heterocycles. The number of nitro benzene ring substituents is 1. The Kier molecular flexibility index (Phi) is 2.89. The minimum Gasteiger partial charge on any atom is -0.339 e. The number of rotatable bonds is 2. The van der Waals surface area contributed by atoms with Gasteiger partial charge in [0.1, 0.15) is 5.69 Å². The summed E-state index contributed by atoms with van der Waals surface area (Å²) in [4.78, 5) is 13.1. The molecule has 1 heterocycles. The fourth-order valence-corrected chi connectivity index (χ4v) is 3.30. The summed E-state index contributed by atoms with van der Waals surface area (Å²) in [6, 6.07) is 7.00. The van der Waals surface area contributed by atoms with E-state index in [0.717, 1.165) is 13.0 Å². The van der Waals surface area contributed by atoms with Gasteiger partial charge in [-0.1, -0.05) is 38.1 Å². The summed E-state index contributed by atoms with van der Waals surface area (Å²) >= 11 is 0. The van der Waals surface area contributed by atoms with Crippen LogP contribution in [0, 0.1) is 21.4 Å². The zero-order valence-corrected chi connectivity index (χ0v) is 11.7. The van der Waals surface area contributed by atoms with E-state index in [1.807, 2.05) is 12.1 Å². The van der Waals surface area contributed by atoms with Gasteiger partial charge in [0.05, 0.1) is 4.92 Å². The second kappa shape index (κ2) is 4.47. The summed E-state index contributed by atoms with van der Waals surface area (Å²) in [5.41, 5.74) is 2.21. The van der Waals surface area contributed by atoms with Crippen LogP contribution in [-0.4, -0.2) is 11.5 Å². The Bertz CT molecular complexity index is 617. The highest BCUT2D eigenvalue weighted by atomic mass is 16.6. The molecule has 1 aliphatic carbocycles. The molecule has 4 nitrogen and oxygen atoms in total. The predicted octanol–water partition coefficient (Wildman–Crippen LogP) is 3.90. The average molecular weight is 270 g/mol. The molecule has 1 aliphatic heterocycles. The van der Waals surface area contributed by atoms with Gasteiger partial charge < -0.3 is 4.90 Å². The maximum atomic E-state index is 11.2. The lowest BCUT2D eigenvalue weighted by Gasteiger charge is -2.25. The maximum absolute atomic E-state index is 11.2. The standard InChI is InChI=1S/C16H18N2O2/c1-16(2)11-17(13-8-4-3-7-12(13)16)14-9-5-6-10-15(14)18(19)20/h3-6,8-10,12H,7,11H2,1-2H3. The molecule has 20 heavy (non-hydrogen) atoms. The Hall–Kier alpha value is -2.10. The number of nitrogens with zero attached hydrogens (tertiary/aromatic N) is 2. The van der Waals surface area contributed by atoms with Crippen LogP contribution in [0.3, 0.4) is 0 Å². The normalized spacial score (nSPS) is 23.4. The van der Waals surface area contributed by atoms with Gasteiger partial charge in [-0.15, -0.1) is 0 Å². The molecule has 0 aromatic heterocycles. The summed E-state index contributed by atoms with van der Waals surface area (Å²) < 4.78 is 0. The Balaban J connectivity index is 2.09. The molecule has 0 bridgehead atoms. The number of hydrogen-bond donors (Lipinski definition) is 0. The van der Waals surface area contributed by atoms with Crippen molar-refractivity contribution < 1.29 is 4.92 Å². The summed E-state index contributed by atoms with van der Waals surface area (Å²) in [6.07, 6.45) is 7.34. The largest absolute Gasteiger partial charge is 0.339 e. The van der Waals surface area contributed by atoms with E-state index in [0.29, 0.717) is 11.6 Å². The average Bonchev–Trinajstić information content (AvgIpc) is 2.71. The SMILES string of the molecule is CC1(C)CN(c2ccccc2[N+](=O)[O-])C2=CC=CCC21. The van der Waals surface area contributed by atoms with Gasteiger partial charge in [0, 0.05) is 24.2 Å². The lowest BCUT2D eigenvalue weighted by Crippen LogP contribution is -2.23. The third-order valence-corrected chi connectivity index (χ3v) is 4.32. The molecule has 1 fully saturated rings. The van der Waals surface area contributed by atoms with Crippen molar-refractivity contribution >= 4 is 11.4 Å². The van der Waals surface area contributed by atoms with E-state index in [-0.39, 0.29) is 16.0 Å². The Morgan fingerprint density at radius 1 is 1.35 bits per heavy atom. The van der Waals surface area contributed by atoms with Crippen LogP contribution in [-0.2, 0) is 0 Å². The van der Waals surface area contributed by atoms with E-state index in [2.05, 4.69) is 37.0 Å². The molecule has 4 heteroatoms. The first-order valence-corrected chi connectivity index (χ1v) is 6.88.